The molecule has 0 radical (unpaired) electrons. The molecule has 0 atom stereocenters. The van der Waals surface area contributed by atoms with Gasteiger partial charge in [-0.2, -0.15) is 0 Å². The zero-order valence-corrected chi connectivity index (χ0v) is 12.0. The molecule has 0 unspecified atom stereocenters. The third-order valence-corrected chi connectivity index (χ3v) is 3.12. The Hall–Kier alpha value is -1.55. The minimum Gasteiger partial charge on any atom is -0.496 e. The molecule has 0 aliphatic heterocycles. The van der Waals surface area contributed by atoms with E-state index in [-0.39, 0.29) is 0 Å². The van der Waals surface area contributed by atoms with E-state index in [4.69, 9.17) is 4.74 Å². The van der Waals surface area contributed by atoms with Crippen LogP contribution in [-0.4, -0.2) is 12.1 Å². The van der Waals surface area contributed by atoms with Gasteiger partial charge in [-0.1, -0.05) is 17.7 Å². The van der Waals surface area contributed by atoms with E-state index in [1.165, 1.54) is 5.56 Å². The van der Waals surface area contributed by atoms with Crippen molar-refractivity contribution in [1.82, 2.24) is 4.98 Å². The van der Waals surface area contributed by atoms with Crippen molar-refractivity contribution < 1.29 is 4.74 Å². The second kappa shape index (κ2) is 5.87. The molecule has 18 heavy (non-hydrogen) atoms. The fourth-order valence-electron chi connectivity index (χ4n) is 1.72. The number of halogens is 1. The number of aryl methyl sites for hydroxylation is 1. The maximum Gasteiger partial charge on any atom is 0.123 e. The van der Waals surface area contributed by atoms with E-state index < -0.39 is 0 Å². The molecule has 0 saturated heterocycles. The van der Waals surface area contributed by atoms with Crippen LogP contribution in [0.15, 0.2) is 41.1 Å². The molecule has 3 nitrogen and oxygen atoms in total. The number of aromatic nitrogens is 1. The quantitative estimate of drug-likeness (QED) is 0.873. The summed E-state index contributed by atoms with van der Waals surface area (Å²) in [4.78, 5) is 4.17. The molecule has 1 N–H and O–H groups in total. The molecule has 1 aromatic heterocycles. The van der Waals surface area contributed by atoms with Gasteiger partial charge in [0.25, 0.3) is 0 Å². The van der Waals surface area contributed by atoms with Gasteiger partial charge in [0.15, 0.2) is 0 Å². The topological polar surface area (TPSA) is 34.1 Å². The monoisotopic (exact) mass is 306 g/mol. The summed E-state index contributed by atoms with van der Waals surface area (Å²) in [5, 5.41) is 3.33. The third kappa shape index (κ3) is 3.23. The first-order chi connectivity index (χ1) is 8.69. The lowest BCUT2D eigenvalue weighted by Gasteiger charge is -2.11. The Morgan fingerprint density at radius 3 is 2.78 bits per heavy atom. The van der Waals surface area contributed by atoms with Crippen molar-refractivity contribution in [3.05, 3.63) is 52.3 Å². The average Bonchev–Trinajstić information content (AvgIpc) is 2.38. The Morgan fingerprint density at radius 2 is 2.11 bits per heavy atom. The normalized spacial score (nSPS) is 10.2. The predicted octanol–water partition coefficient (Wildman–Crippen LogP) is 3.77. The maximum absolute atomic E-state index is 5.34. The number of hydrogen-bond donors (Lipinski definition) is 1. The largest absolute Gasteiger partial charge is 0.496 e. The van der Waals surface area contributed by atoms with Gasteiger partial charge < -0.3 is 10.1 Å². The molecule has 94 valence electrons. The molecule has 2 aromatic rings. The van der Waals surface area contributed by atoms with Crippen molar-refractivity contribution in [2.24, 2.45) is 0 Å². The summed E-state index contributed by atoms with van der Waals surface area (Å²) in [6, 6.07) is 10.1. The van der Waals surface area contributed by atoms with Crippen LogP contribution in [0.4, 0.5) is 5.69 Å². The van der Waals surface area contributed by atoms with Gasteiger partial charge in [-0.25, -0.2) is 4.98 Å². The van der Waals surface area contributed by atoms with Gasteiger partial charge in [0.2, 0.25) is 0 Å². The Labute approximate surface area is 115 Å². The number of benzene rings is 1. The van der Waals surface area contributed by atoms with Crippen molar-refractivity contribution >= 4 is 21.6 Å². The van der Waals surface area contributed by atoms with Crippen LogP contribution in [0.5, 0.6) is 5.75 Å². The number of pyridine rings is 1. The van der Waals surface area contributed by atoms with Gasteiger partial charge >= 0.3 is 0 Å². The Morgan fingerprint density at radius 1 is 1.28 bits per heavy atom. The van der Waals surface area contributed by atoms with Gasteiger partial charge in [-0.05, 0) is 41.1 Å². The number of methoxy groups -OCH3 is 1. The molecule has 0 aliphatic carbocycles. The predicted molar refractivity (Wildman–Crippen MR) is 77.0 cm³/mol. The van der Waals surface area contributed by atoms with E-state index >= 15 is 0 Å². The highest BCUT2D eigenvalue weighted by molar-refractivity contribution is 9.10. The highest BCUT2D eigenvalue weighted by atomic mass is 79.9. The van der Waals surface area contributed by atoms with Crippen LogP contribution in [-0.2, 0) is 6.54 Å². The molecular formula is C14H15BrN2O. The van der Waals surface area contributed by atoms with E-state index in [2.05, 4.69) is 39.2 Å². The number of nitrogens with zero attached hydrogens (tertiary/aromatic N) is 1. The second-order valence-corrected chi connectivity index (χ2v) is 4.85. The zero-order chi connectivity index (χ0) is 13.0. The lowest BCUT2D eigenvalue weighted by molar-refractivity contribution is 0.410. The van der Waals surface area contributed by atoms with E-state index in [1.807, 2.05) is 24.3 Å². The summed E-state index contributed by atoms with van der Waals surface area (Å²) in [5.41, 5.74) is 3.35. The molecule has 0 fully saturated rings. The van der Waals surface area contributed by atoms with Crippen molar-refractivity contribution in [3.63, 3.8) is 0 Å². The number of rotatable bonds is 4. The van der Waals surface area contributed by atoms with Crippen molar-refractivity contribution in [1.29, 1.82) is 0 Å². The lowest BCUT2D eigenvalue weighted by atomic mass is 10.1. The van der Waals surface area contributed by atoms with E-state index in [0.717, 1.165) is 21.6 Å². The fourth-order valence-corrected chi connectivity index (χ4v) is 1.96. The van der Waals surface area contributed by atoms with Gasteiger partial charge in [0.1, 0.15) is 10.4 Å². The summed E-state index contributed by atoms with van der Waals surface area (Å²) < 4.78 is 6.18. The van der Waals surface area contributed by atoms with Crippen LogP contribution in [0.25, 0.3) is 0 Å². The smallest absolute Gasteiger partial charge is 0.123 e. The summed E-state index contributed by atoms with van der Waals surface area (Å²) in [6.07, 6.45) is 1.80. The van der Waals surface area contributed by atoms with Crippen LogP contribution < -0.4 is 10.1 Å². The molecule has 0 bridgehead atoms. The third-order valence-electron chi connectivity index (χ3n) is 2.65. The van der Waals surface area contributed by atoms with Crippen molar-refractivity contribution in [2.75, 3.05) is 12.4 Å². The number of ether oxygens (including phenoxy) is 1. The number of hydrogen-bond acceptors (Lipinski definition) is 3. The van der Waals surface area contributed by atoms with Gasteiger partial charge in [-0.3, -0.25) is 0 Å². The van der Waals surface area contributed by atoms with Crippen LogP contribution >= 0.6 is 15.9 Å². The minimum absolute atomic E-state index is 0.716. The zero-order valence-electron chi connectivity index (χ0n) is 10.4. The highest BCUT2D eigenvalue weighted by Gasteiger charge is 2.03. The minimum atomic E-state index is 0.716. The molecule has 0 spiro atoms. The van der Waals surface area contributed by atoms with Gasteiger partial charge in [-0.15, -0.1) is 0 Å². The second-order valence-electron chi connectivity index (χ2n) is 4.04. The van der Waals surface area contributed by atoms with E-state index in [1.54, 1.807) is 13.3 Å². The molecule has 0 amide bonds. The van der Waals surface area contributed by atoms with Crippen LogP contribution in [0.3, 0.4) is 0 Å². The molecule has 2 rings (SSSR count). The summed E-state index contributed by atoms with van der Waals surface area (Å²) >= 11 is 3.31. The molecule has 1 aromatic carbocycles. The molecular weight excluding hydrogens is 292 g/mol. The lowest BCUT2D eigenvalue weighted by Crippen LogP contribution is -2.02. The van der Waals surface area contributed by atoms with Crippen molar-refractivity contribution in [3.8, 4) is 5.75 Å². The first kappa shape index (κ1) is 12.9. The molecule has 0 saturated carbocycles. The average molecular weight is 307 g/mol. The number of anilines is 1. The summed E-state index contributed by atoms with van der Waals surface area (Å²) in [5.74, 6) is 0.901. The van der Waals surface area contributed by atoms with E-state index in [0.29, 0.717) is 6.54 Å². The van der Waals surface area contributed by atoms with Crippen LogP contribution in [0.2, 0.25) is 0 Å². The van der Waals surface area contributed by atoms with Crippen LogP contribution in [0.1, 0.15) is 11.1 Å². The van der Waals surface area contributed by atoms with Gasteiger partial charge in [0, 0.05) is 12.1 Å². The first-order valence-electron chi connectivity index (χ1n) is 5.68. The number of nitrogens with one attached hydrogen (secondary N) is 1. The summed E-state index contributed by atoms with van der Waals surface area (Å²) in [7, 11) is 1.69. The Bertz CT molecular complexity index is 526. The van der Waals surface area contributed by atoms with Gasteiger partial charge in [0.05, 0.1) is 19.0 Å². The first-order valence-corrected chi connectivity index (χ1v) is 6.47. The Kier molecular flexibility index (Phi) is 4.20. The SMILES string of the molecule is COc1ccc(C)cc1CNc1ccc(Br)nc1. The van der Waals surface area contributed by atoms with Crippen molar-refractivity contribution in [2.45, 2.75) is 13.5 Å². The fraction of sp³-hybridized carbons (Fsp3) is 0.214. The highest BCUT2D eigenvalue weighted by Crippen LogP contribution is 2.21. The standard InChI is InChI=1S/C14H15BrN2O/c1-10-3-5-13(18-2)11(7-10)8-16-12-4-6-14(15)17-9-12/h3-7,9,16H,8H2,1-2H3. The van der Waals surface area contributed by atoms with E-state index in [9.17, 15) is 0 Å². The molecule has 0 aliphatic rings. The molecule has 1 heterocycles. The Balaban J connectivity index is 2.09. The van der Waals surface area contributed by atoms with Crippen LogP contribution in [0, 0.1) is 6.92 Å². The molecule has 4 heteroatoms. The maximum atomic E-state index is 5.34. The summed E-state index contributed by atoms with van der Waals surface area (Å²) in [6.45, 7) is 2.79.